The van der Waals surface area contributed by atoms with Crippen molar-refractivity contribution in [1.82, 2.24) is 0 Å². The first-order valence-electron chi connectivity index (χ1n) is 3.73. The van der Waals surface area contributed by atoms with Crippen LogP contribution in [-0.2, 0) is 16.6 Å². The lowest BCUT2D eigenvalue weighted by molar-refractivity contribution is 0.563. The van der Waals surface area contributed by atoms with Crippen LogP contribution < -0.4 is 0 Å². The molecule has 0 aliphatic rings. The summed E-state index contributed by atoms with van der Waals surface area (Å²) < 4.78 is 32.1. The summed E-state index contributed by atoms with van der Waals surface area (Å²) in [6.07, 6.45) is 1.70. The van der Waals surface area contributed by atoms with Crippen LogP contribution in [0.3, 0.4) is 0 Å². The highest BCUT2D eigenvalue weighted by molar-refractivity contribution is 7.89. The van der Waals surface area contributed by atoms with E-state index in [1.807, 2.05) is 30.3 Å². The molecule has 0 bridgehead atoms. The summed E-state index contributed by atoms with van der Waals surface area (Å²) in [5, 5.41) is 0.569. The molecule has 1 rings (SSSR count). The summed E-state index contributed by atoms with van der Waals surface area (Å²) in [5.74, 6) is 0. The Bertz CT molecular complexity index is 381. The van der Waals surface area contributed by atoms with Crippen molar-refractivity contribution in [2.45, 2.75) is 6.42 Å². The molecule has 0 saturated carbocycles. The molecule has 2 nitrogen and oxygen atoms in total. The van der Waals surface area contributed by atoms with Crippen molar-refractivity contribution in [3.8, 4) is 0 Å². The molecule has 13 heavy (non-hydrogen) atoms. The third-order valence-corrected chi connectivity index (χ3v) is 1.97. The standard InChI is InChI=1S/C9H9FO2S/c10-13(11,12)8-4-7-9-5-2-1-3-6-9/h1-6,8H,7H2. The minimum atomic E-state index is -4.47. The van der Waals surface area contributed by atoms with Gasteiger partial charge in [0.1, 0.15) is 0 Å². The van der Waals surface area contributed by atoms with Crippen LogP contribution in [0.5, 0.6) is 0 Å². The highest BCUT2D eigenvalue weighted by atomic mass is 32.3. The summed E-state index contributed by atoms with van der Waals surface area (Å²) in [6, 6.07) is 9.23. The van der Waals surface area contributed by atoms with Crippen molar-refractivity contribution in [3.63, 3.8) is 0 Å². The Morgan fingerprint density at radius 3 is 2.38 bits per heavy atom. The first-order valence-corrected chi connectivity index (χ1v) is 5.18. The molecule has 0 radical (unpaired) electrons. The Balaban J connectivity index is 2.59. The monoisotopic (exact) mass is 200 g/mol. The number of halogens is 1. The van der Waals surface area contributed by atoms with Gasteiger partial charge in [0, 0.05) is 0 Å². The topological polar surface area (TPSA) is 34.1 Å². The van der Waals surface area contributed by atoms with Crippen LogP contribution >= 0.6 is 0 Å². The van der Waals surface area contributed by atoms with E-state index in [0.717, 1.165) is 5.56 Å². The number of hydrogen-bond acceptors (Lipinski definition) is 2. The van der Waals surface area contributed by atoms with Crippen molar-refractivity contribution in [2.24, 2.45) is 0 Å². The molecule has 1 aromatic carbocycles. The minimum absolute atomic E-state index is 0.421. The quantitative estimate of drug-likeness (QED) is 0.700. The lowest BCUT2D eigenvalue weighted by Gasteiger charge is -1.92. The second-order valence-corrected chi connectivity index (χ2v) is 3.76. The van der Waals surface area contributed by atoms with Crippen LogP contribution in [0.15, 0.2) is 41.8 Å². The van der Waals surface area contributed by atoms with Gasteiger partial charge in [-0.15, -0.1) is 3.89 Å². The third kappa shape index (κ3) is 4.42. The maximum absolute atomic E-state index is 12.0. The fourth-order valence-corrected chi connectivity index (χ4v) is 1.24. The van der Waals surface area contributed by atoms with Crippen LogP contribution in [0.1, 0.15) is 5.56 Å². The second-order valence-electron chi connectivity index (χ2n) is 2.54. The molecule has 4 heteroatoms. The van der Waals surface area contributed by atoms with Crippen LogP contribution in [0.4, 0.5) is 3.89 Å². The van der Waals surface area contributed by atoms with Crippen molar-refractivity contribution in [3.05, 3.63) is 47.4 Å². The van der Waals surface area contributed by atoms with E-state index >= 15 is 0 Å². The zero-order valence-electron chi connectivity index (χ0n) is 6.85. The van der Waals surface area contributed by atoms with E-state index in [9.17, 15) is 12.3 Å². The SMILES string of the molecule is O=S(=O)(F)C=CCc1ccccc1. The maximum atomic E-state index is 12.0. The second kappa shape index (κ2) is 4.18. The highest BCUT2D eigenvalue weighted by Gasteiger charge is 1.97. The number of rotatable bonds is 3. The predicted molar refractivity (Wildman–Crippen MR) is 49.3 cm³/mol. The lowest BCUT2D eigenvalue weighted by atomic mass is 10.2. The summed E-state index contributed by atoms with van der Waals surface area (Å²) in [7, 11) is -4.47. The lowest BCUT2D eigenvalue weighted by Crippen LogP contribution is -1.83. The van der Waals surface area contributed by atoms with Gasteiger partial charge >= 0.3 is 10.2 Å². The molecule has 0 aliphatic carbocycles. The highest BCUT2D eigenvalue weighted by Crippen LogP contribution is 2.01. The molecular weight excluding hydrogens is 191 g/mol. The van der Waals surface area contributed by atoms with E-state index in [1.165, 1.54) is 6.08 Å². The van der Waals surface area contributed by atoms with E-state index in [0.29, 0.717) is 11.8 Å². The molecule has 0 unspecified atom stereocenters. The van der Waals surface area contributed by atoms with Crippen LogP contribution in [0, 0.1) is 0 Å². The molecule has 0 amide bonds. The zero-order chi connectivity index (χ0) is 9.73. The molecule has 70 valence electrons. The van der Waals surface area contributed by atoms with E-state index < -0.39 is 10.2 Å². The summed E-state index contributed by atoms with van der Waals surface area (Å²) in [6.45, 7) is 0. The van der Waals surface area contributed by atoms with Crippen LogP contribution in [0.25, 0.3) is 0 Å². The van der Waals surface area contributed by atoms with Gasteiger partial charge in [-0.25, -0.2) is 0 Å². The minimum Gasteiger partial charge on any atom is -0.190 e. The molecule has 1 aromatic rings. The van der Waals surface area contributed by atoms with Gasteiger partial charge in [0.25, 0.3) is 0 Å². The van der Waals surface area contributed by atoms with E-state index in [2.05, 4.69) is 0 Å². The van der Waals surface area contributed by atoms with Crippen molar-refractivity contribution in [1.29, 1.82) is 0 Å². The van der Waals surface area contributed by atoms with Gasteiger partial charge in [-0.2, -0.15) is 8.42 Å². The van der Waals surface area contributed by atoms with Crippen molar-refractivity contribution < 1.29 is 12.3 Å². The summed E-state index contributed by atoms with van der Waals surface area (Å²) >= 11 is 0. The molecule has 0 heterocycles. The average Bonchev–Trinajstić information content (AvgIpc) is 2.04. The largest absolute Gasteiger partial charge is 0.324 e. The molecule has 0 aliphatic heterocycles. The van der Waals surface area contributed by atoms with Gasteiger partial charge in [-0.1, -0.05) is 36.4 Å². The molecule has 0 aromatic heterocycles. The fraction of sp³-hybridized carbons (Fsp3) is 0.111. The van der Waals surface area contributed by atoms with Crippen molar-refractivity contribution >= 4 is 10.2 Å². The van der Waals surface area contributed by atoms with Gasteiger partial charge in [-0.3, -0.25) is 0 Å². The first kappa shape index (κ1) is 9.92. The molecule has 0 atom stereocenters. The molecule has 0 spiro atoms. The molecular formula is C9H9FO2S. The van der Waals surface area contributed by atoms with Gasteiger partial charge in [-0.05, 0) is 12.0 Å². The van der Waals surface area contributed by atoms with E-state index in [4.69, 9.17) is 0 Å². The first-order chi connectivity index (χ1) is 6.08. The molecule has 0 N–H and O–H groups in total. The van der Waals surface area contributed by atoms with Crippen LogP contribution in [-0.4, -0.2) is 8.42 Å². The van der Waals surface area contributed by atoms with Gasteiger partial charge in [0.15, 0.2) is 0 Å². The van der Waals surface area contributed by atoms with E-state index in [1.54, 1.807) is 0 Å². The Morgan fingerprint density at radius 1 is 1.23 bits per heavy atom. The average molecular weight is 200 g/mol. The van der Waals surface area contributed by atoms with Gasteiger partial charge < -0.3 is 0 Å². The normalized spacial score (nSPS) is 12.1. The molecule has 0 fully saturated rings. The van der Waals surface area contributed by atoms with E-state index in [-0.39, 0.29) is 0 Å². The molecule has 0 saturated heterocycles. The third-order valence-electron chi connectivity index (χ3n) is 1.46. The zero-order valence-corrected chi connectivity index (χ0v) is 7.67. The Hall–Kier alpha value is -1.16. The predicted octanol–water partition coefficient (Wildman–Crippen LogP) is 2.04. The van der Waals surface area contributed by atoms with Crippen LogP contribution in [0.2, 0.25) is 0 Å². The van der Waals surface area contributed by atoms with Gasteiger partial charge in [0.05, 0.1) is 5.41 Å². The number of allylic oxidation sites excluding steroid dienone is 1. The van der Waals surface area contributed by atoms with Gasteiger partial charge in [0.2, 0.25) is 0 Å². The number of hydrogen-bond donors (Lipinski definition) is 0. The Labute approximate surface area is 76.9 Å². The van der Waals surface area contributed by atoms with Crippen molar-refractivity contribution in [2.75, 3.05) is 0 Å². The summed E-state index contributed by atoms with van der Waals surface area (Å²) in [5.41, 5.74) is 0.947. The fourth-order valence-electron chi connectivity index (χ4n) is 0.913. The summed E-state index contributed by atoms with van der Waals surface area (Å²) in [4.78, 5) is 0. The number of benzene rings is 1. The maximum Gasteiger partial charge on any atom is 0.324 e. The smallest absolute Gasteiger partial charge is 0.190 e. The Morgan fingerprint density at radius 2 is 1.85 bits per heavy atom. The Kier molecular flexibility index (Phi) is 3.19.